The van der Waals surface area contributed by atoms with E-state index in [9.17, 15) is 14.9 Å². The van der Waals surface area contributed by atoms with E-state index in [1.165, 1.54) is 13.2 Å². The lowest BCUT2D eigenvalue weighted by Gasteiger charge is -2.12. The van der Waals surface area contributed by atoms with Crippen LogP contribution in [0.3, 0.4) is 0 Å². The first-order valence-electron chi connectivity index (χ1n) is 10.3. The Kier molecular flexibility index (Phi) is 8.74. The van der Waals surface area contributed by atoms with Gasteiger partial charge in [0.15, 0.2) is 18.1 Å². The first-order chi connectivity index (χ1) is 16.8. The van der Waals surface area contributed by atoms with Crippen molar-refractivity contribution >= 4 is 52.5 Å². The number of rotatable bonds is 8. The Bertz CT molecular complexity index is 1330. The number of benzene rings is 3. The number of aryl methyl sites for hydroxylation is 1. The molecule has 0 bridgehead atoms. The summed E-state index contributed by atoms with van der Waals surface area (Å²) in [5.41, 5.74) is 2.23. The molecule has 3 aromatic rings. The van der Waals surface area contributed by atoms with E-state index in [1.807, 2.05) is 6.07 Å². The van der Waals surface area contributed by atoms with E-state index in [2.05, 4.69) is 10.6 Å². The summed E-state index contributed by atoms with van der Waals surface area (Å²) < 4.78 is 10.9. The molecule has 2 N–H and O–H groups in total. The monoisotopic (exact) mass is 509 g/mol. The lowest BCUT2D eigenvalue weighted by atomic mass is 10.1. The molecule has 0 fully saturated rings. The molecule has 178 valence electrons. The predicted molar refractivity (Wildman–Crippen MR) is 137 cm³/mol. The molecule has 0 spiro atoms. The highest BCUT2D eigenvalue weighted by atomic mass is 35.5. The maximum absolute atomic E-state index is 12.6. The van der Waals surface area contributed by atoms with Crippen molar-refractivity contribution in [3.63, 3.8) is 0 Å². The summed E-state index contributed by atoms with van der Waals surface area (Å²) in [5.74, 6) is -0.312. The van der Waals surface area contributed by atoms with Crippen LogP contribution in [0.25, 0.3) is 6.08 Å². The molecule has 0 unspecified atom stereocenters. The molecule has 0 heterocycles. The molecule has 0 aliphatic carbocycles. The average Bonchev–Trinajstić information content (AvgIpc) is 2.84. The van der Waals surface area contributed by atoms with Gasteiger partial charge in [0.1, 0.15) is 11.6 Å². The number of carbonyl (C=O) groups is 2. The van der Waals surface area contributed by atoms with Crippen LogP contribution in [0.4, 0.5) is 11.4 Å². The van der Waals surface area contributed by atoms with Gasteiger partial charge in [-0.05, 0) is 66.6 Å². The van der Waals surface area contributed by atoms with Gasteiger partial charge in [0.25, 0.3) is 11.8 Å². The van der Waals surface area contributed by atoms with E-state index >= 15 is 0 Å². The summed E-state index contributed by atoms with van der Waals surface area (Å²) in [6.07, 6.45) is 1.43. The molecular weight excluding hydrogens is 489 g/mol. The number of para-hydroxylation sites is 1. The van der Waals surface area contributed by atoms with Crippen molar-refractivity contribution in [1.82, 2.24) is 0 Å². The van der Waals surface area contributed by atoms with E-state index in [-0.39, 0.29) is 12.2 Å². The summed E-state index contributed by atoms with van der Waals surface area (Å²) in [5, 5.41) is 15.8. The first kappa shape index (κ1) is 25.6. The van der Waals surface area contributed by atoms with Crippen LogP contribution in [-0.2, 0) is 9.59 Å². The highest BCUT2D eigenvalue weighted by Crippen LogP contribution is 2.29. The smallest absolute Gasteiger partial charge is 0.266 e. The van der Waals surface area contributed by atoms with Gasteiger partial charge in [0.05, 0.1) is 17.8 Å². The Hall–Kier alpha value is -3.99. The van der Waals surface area contributed by atoms with Crippen LogP contribution < -0.4 is 20.1 Å². The molecule has 0 aliphatic rings. The molecule has 9 heteroatoms. The fourth-order valence-corrected chi connectivity index (χ4v) is 3.47. The Labute approximate surface area is 212 Å². The zero-order chi connectivity index (χ0) is 25.4. The number of halogens is 2. The van der Waals surface area contributed by atoms with Crippen LogP contribution in [-0.4, -0.2) is 25.5 Å². The SMILES string of the molecule is COc1cc(/C=C(\C#N)C(=O)Nc2ccc(Cl)cc2C)ccc1OCC(=O)Nc1ccccc1Cl. The maximum Gasteiger partial charge on any atom is 0.266 e. The van der Waals surface area contributed by atoms with Gasteiger partial charge in [0, 0.05) is 10.7 Å². The van der Waals surface area contributed by atoms with E-state index in [1.54, 1.807) is 67.6 Å². The number of hydrogen-bond donors (Lipinski definition) is 2. The Balaban J connectivity index is 1.70. The molecule has 0 saturated heterocycles. The minimum Gasteiger partial charge on any atom is -0.493 e. The van der Waals surface area contributed by atoms with Crippen molar-refractivity contribution in [3.05, 3.63) is 87.4 Å². The summed E-state index contributed by atoms with van der Waals surface area (Å²) in [6, 6.07) is 18.6. The third kappa shape index (κ3) is 7.00. The molecule has 0 saturated carbocycles. The number of ether oxygens (including phenoxy) is 2. The van der Waals surface area contributed by atoms with Crippen molar-refractivity contribution in [2.24, 2.45) is 0 Å². The topological polar surface area (TPSA) is 100 Å². The zero-order valence-corrected chi connectivity index (χ0v) is 20.4. The molecule has 2 amide bonds. The van der Waals surface area contributed by atoms with Gasteiger partial charge >= 0.3 is 0 Å². The predicted octanol–water partition coefficient (Wildman–Crippen LogP) is 5.87. The van der Waals surface area contributed by atoms with Gasteiger partial charge in [-0.3, -0.25) is 9.59 Å². The van der Waals surface area contributed by atoms with Crippen molar-refractivity contribution < 1.29 is 19.1 Å². The fourth-order valence-electron chi connectivity index (χ4n) is 3.06. The Morgan fingerprint density at radius 2 is 1.77 bits per heavy atom. The van der Waals surface area contributed by atoms with E-state index in [4.69, 9.17) is 32.7 Å². The molecule has 7 nitrogen and oxygen atoms in total. The van der Waals surface area contributed by atoms with E-state index in [0.717, 1.165) is 5.56 Å². The fraction of sp³-hybridized carbons (Fsp3) is 0.115. The van der Waals surface area contributed by atoms with Gasteiger partial charge in [0.2, 0.25) is 0 Å². The summed E-state index contributed by atoms with van der Waals surface area (Å²) >= 11 is 12.0. The van der Waals surface area contributed by atoms with Crippen LogP contribution in [0.15, 0.2) is 66.2 Å². The molecule has 3 rings (SSSR count). The van der Waals surface area contributed by atoms with Gasteiger partial charge in [-0.25, -0.2) is 0 Å². The van der Waals surface area contributed by atoms with Gasteiger partial charge < -0.3 is 20.1 Å². The van der Waals surface area contributed by atoms with Crippen LogP contribution in [0.2, 0.25) is 10.0 Å². The molecular formula is C26H21Cl2N3O4. The van der Waals surface area contributed by atoms with Crippen molar-refractivity contribution in [2.75, 3.05) is 24.4 Å². The highest BCUT2D eigenvalue weighted by Gasteiger charge is 2.13. The van der Waals surface area contributed by atoms with Crippen LogP contribution >= 0.6 is 23.2 Å². The van der Waals surface area contributed by atoms with Crippen molar-refractivity contribution in [1.29, 1.82) is 5.26 Å². The third-order valence-electron chi connectivity index (χ3n) is 4.81. The number of nitrogens with zero attached hydrogens (tertiary/aromatic N) is 1. The molecule has 0 radical (unpaired) electrons. The lowest BCUT2D eigenvalue weighted by molar-refractivity contribution is -0.118. The second-order valence-corrected chi connectivity index (χ2v) is 8.15. The van der Waals surface area contributed by atoms with Gasteiger partial charge in [-0.15, -0.1) is 0 Å². The number of amides is 2. The quantitative estimate of drug-likeness (QED) is 0.292. The normalized spacial score (nSPS) is 10.8. The standard InChI is InChI=1S/C26H21Cl2N3O4/c1-16-11-19(27)8-9-21(16)31-26(33)18(14-29)12-17-7-10-23(24(13-17)34-2)35-15-25(32)30-22-6-4-3-5-20(22)28/h3-13H,15H2,1-2H3,(H,30,32)(H,31,33)/b18-12+. The second-order valence-electron chi connectivity index (χ2n) is 7.31. The molecule has 35 heavy (non-hydrogen) atoms. The van der Waals surface area contributed by atoms with E-state index < -0.39 is 11.8 Å². The van der Waals surface area contributed by atoms with Gasteiger partial charge in [-0.2, -0.15) is 5.26 Å². The maximum atomic E-state index is 12.6. The first-order valence-corrected chi connectivity index (χ1v) is 11.1. The third-order valence-corrected chi connectivity index (χ3v) is 5.37. The molecule has 0 atom stereocenters. The summed E-state index contributed by atoms with van der Waals surface area (Å²) in [4.78, 5) is 24.8. The van der Waals surface area contributed by atoms with Crippen molar-refractivity contribution in [3.8, 4) is 17.6 Å². The minimum absolute atomic E-state index is 0.103. The van der Waals surface area contributed by atoms with Gasteiger partial charge in [-0.1, -0.05) is 41.4 Å². The minimum atomic E-state index is -0.562. The Morgan fingerprint density at radius 1 is 1.00 bits per heavy atom. The van der Waals surface area contributed by atoms with Crippen LogP contribution in [0.5, 0.6) is 11.5 Å². The number of hydrogen-bond acceptors (Lipinski definition) is 5. The Morgan fingerprint density at radius 3 is 2.46 bits per heavy atom. The number of nitrogens with one attached hydrogen (secondary N) is 2. The summed E-state index contributed by atoms with van der Waals surface area (Å²) in [7, 11) is 1.45. The van der Waals surface area contributed by atoms with Crippen LogP contribution in [0.1, 0.15) is 11.1 Å². The average molecular weight is 510 g/mol. The molecule has 3 aromatic carbocycles. The number of nitriles is 1. The number of carbonyl (C=O) groups excluding carboxylic acids is 2. The second kappa shape index (κ2) is 11.9. The van der Waals surface area contributed by atoms with E-state index in [0.29, 0.717) is 38.5 Å². The molecule has 0 aromatic heterocycles. The summed E-state index contributed by atoms with van der Waals surface area (Å²) in [6.45, 7) is 1.53. The zero-order valence-electron chi connectivity index (χ0n) is 18.9. The van der Waals surface area contributed by atoms with Crippen LogP contribution in [0, 0.1) is 18.3 Å². The molecule has 0 aliphatic heterocycles. The highest BCUT2D eigenvalue weighted by molar-refractivity contribution is 6.33. The lowest BCUT2D eigenvalue weighted by Crippen LogP contribution is -2.20. The number of methoxy groups -OCH3 is 1. The van der Waals surface area contributed by atoms with Crippen molar-refractivity contribution in [2.45, 2.75) is 6.92 Å². The largest absolute Gasteiger partial charge is 0.493 e. The number of anilines is 2.